The van der Waals surface area contributed by atoms with Crippen molar-refractivity contribution < 1.29 is 0 Å². The first kappa shape index (κ1) is 12.0. The van der Waals surface area contributed by atoms with Crippen LogP contribution < -0.4 is 0 Å². The van der Waals surface area contributed by atoms with E-state index in [2.05, 4.69) is 53.1 Å². The maximum atomic E-state index is 4.52. The molecule has 0 aliphatic carbocycles. The molecule has 1 heterocycles. The fraction of sp³-hybridized carbons (Fsp3) is 0.727. The van der Waals surface area contributed by atoms with Crippen molar-refractivity contribution in [3.8, 4) is 0 Å². The topological polar surface area (TPSA) is 17.8 Å². The zero-order chi connectivity index (χ0) is 10.6. The first-order chi connectivity index (χ1) is 6.66. The molecule has 14 heavy (non-hydrogen) atoms. The highest BCUT2D eigenvalue weighted by Gasteiger charge is 2.07. The second-order valence-electron chi connectivity index (χ2n) is 3.77. The lowest BCUT2D eigenvalue weighted by atomic mass is 10.2. The Morgan fingerprint density at radius 1 is 1.21 bits per heavy atom. The zero-order valence-electron chi connectivity index (χ0n) is 9.31. The van der Waals surface area contributed by atoms with E-state index in [1.54, 1.807) is 0 Å². The molecule has 0 unspecified atom stereocenters. The molecule has 0 amide bonds. The van der Waals surface area contributed by atoms with Crippen LogP contribution in [0.2, 0.25) is 0 Å². The van der Waals surface area contributed by atoms with E-state index in [-0.39, 0.29) is 0 Å². The molecule has 3 heteroatoms. The monoisotopic (exact) mass is 306 g/mol. The second-order valence-corrected chi connectivity index (χ2v) is 4.85. The van der Waals surface area contributed by atoms with Gasteiger partial charge in [0.1, 0.15) is 0 Å². The van der Waals surface area contributed by atoms with Crippen LogP contribution in [0.25, 0.3) is 0 Å². The lowest BCUT2D eigenvalue weighted by Gasteiger charge is -2.03. The van der Waals surface area contributed by atoms with Gasteiger partial charge in [-0.25, -0.2) is 0 Å². The smallest absolute Gasteiger partial charge is 0.0729 e. The quantitative estimate of drug-likeness (QED) is 0.599. The molecule has 0 atom stereocenters. The van der Waals surface area contributed by atoms with Crippen LogP contribution in [0, 0.1) is 17.4 Å². The summed E-state index contributed by atoms with van der Waals surface area (Å²) in [5.41, 5.74) is 2.48. The van der Waals surface area contributed by atoms with E-state index < -0.39 is 0 Å². The average Bonchev–Trinajstić information content (AvgIpc) is 2.41. The van der Waals surface area contributed by atoms with Gasteiger partial charge in [0.2, 0.25) is 0 Å². The molecular weight excluding hydrogens is 287 g/mol. The third kappa shape index (κ3) is 2.97. The van der Waals surface area contributed by atoms with Gasteiger partial charge in [0, 0.05) is 12.2 Å². The molecule has 0 bridgehead atoms. The Morgan fingerprint density at radius 3 is 2.43 bits per heavy atom. The number of aryl methyl sites for hydroxylation is 2. The average molecular weight is 306 g/mol. The number of hydrogen-bond donors (Lipinski definition) is 0. The Bertz CT molecular complexity index is 292. The number of halogens is 1. The molecule has 0 radical (unpaired) electrons. The predicted molar refractivity (Wildman–Crippen MR) is 68.6 cm³/mol. The molecule has 0 saturated carbocycles. The molecule has 0 aliphatic heterocycles. The third-order valence-corrected chi connectivity index (χ3v) is 4.08. The van der Waals surface area contributed by atoms with Crippen LogP contribution in [0.15, 0.2) is 0 Å². The van der Waals surface area contributed by atoms with E-state index in [4.69, 9.17) is 0 Å². The lowest BCUT2D eigenvalue weighted by Crippen LogP contribution is -2.02. The lowest BCUT2D eigenvalue weighted by molar-refractivity contribution is 0.529. The van der Waals surface area contributed by atoms with Crippen molar-refractivity contribution in [3.05, 3.63) is 15.0 Å². The minimum atomic E-state index is 1.08. The molecule has 2 nitrogen and oxygen atoms in total. The molecule has 80 valence electrons. The SMILES string of the molecule is CCCCCCn1nc(C)c(I)c1C. The van der Waals surface area contributed by atoms with Gasteiger partial charge < -0.3 is 0 Å². The van der Waals surface area contributed by atoms with Crippen LogP contribution in [0.4, 0.5) is 0 Å². The molecule has 0 N–H and O–H groups in total. The van der Waals surface area contributed by atoms with E-state index in [9.17, 15) is 0 Å². The first-order valence-electron chi connectivity index (χ1n) is 5.36. The Hall–Kier alpha value is -0.0600. The molecule has 0 spiro atoms. The van der Waals surface area contributed by atoms with Crippen LogP contribution >= 0.6 is 22.6 Å². The molecule has 0 saturated heterocycles. The van der Waals surface area contributed by atoms with Gasteiger partial charge >= 0.3 is 0 Å². The predicted octanol–water partition coefficient (Wildman–Crippen LogP) is 3.68. The first-order valence-corrected chi connectivity index (χ1v) is 6.44. The summed E-state index contributed by atoms with van der Waals surface area (Å²) in [4.78, 5) is 0. The number of aromatic nitrogens is 2. The van der Waals surface area contributed by atoms with Gasteiger partial charge in [-0.1, -0.05) is 26.2 Å². The fourth-order valence-corrected chi connectivity index (χ4v) is 1.97. The van der Waals surface area contributed by atoms with Gasteiger partial charge in [0.15, 0.2) is 0 Å². The van der Waals surface area contributed by atoms with Crippen molar-refractivity contribution in [2.24, 2.45) is 0 Å². The number of nitrogens with zero attached hydrogens (tertiary/aromatic N) is 2. The molecule has 0 fully saturated rings. The van der Waals surface area contributed by atoms with Crippen LogP contribution in [0.3, 0.4) is 0 Å². The van der Waals surface area contributed by atoms with E-state index in [0.717, 1.165) is 6.54 Å². The van der Waals surface area contributed by atoms with E-state index in [1.165, 1.54) is 40.6 Å². The summed E-state index contributed by atoms with van der Waals surface area (Å²) in [5, 5.41) is 4.52. The fourth-order valence-electron chi connectivity index (χ4n) is 1.58. The van der Waals surface area contributed by atoms with Crippen molar-refractivity contribution in [1.82, 2.24) is 9.78 Å². The normalized spacial score (nSPS) is 10.9. The summed E-state index contributed by atoms with van der Waals surface area (Å²) < 4.78 is 3.46. The Labute approximate surface area is 100 Å². The molecular formula is C11H19IN2. The molecule has 1 aromatic heterocycles. The van der Waals surface area contributed by atoms with Gasteiger partial charge in [-0.3, -0.25) is 4.68 Å². The summed E-state index contributed by atoms with van der Waals surface area (Å²) in [6.45, 7) is 7.56. The minimum Gasteiger partial charge on any atom is -0.269 e. The van der Waals surface area contributed by atoms with E-state index >= 15 is 0 Å². The maximum absolute atomic E-state index is 4.52. The number of hydrogen-bond acceptors (Lipinski definition) is 1. The highest BCUT2D eigenvalue weighted by Crippen LogP contribution is 2.15. The van der Waals surface area contributed by atoms with Crippen molar-refractivity contribution in [1.29, 1.82) is 0 Å². The Morgan fingerprint density at radius 2 is 1.93 bits per heavy atom. The standard InChI is InChI=1S/C11H19IN2/c1-4-5-6-7-8-14-10(3)11(12)9(2)13-14/h4-8H2,1-3H3. The van der Waals surface area contributed by atoms with E-state index in [0.29, 0.717) is 0 Å². The minimum absolute atomic E-state index is 1.08. The second kappa shape index (κ2) is 5.73. The maximum Gasteiger partial charge on any atom is 0.0729 e. The van der Waals surface area contributed by atoms with Crippen LogP contribution in [0.1, 0.15) is 44.0 Å². The molecule has 1 aromatic rings. The van der Waals surface area contributed by atoms with Crippen molar-refractivity contribution in [2.75, 3.05) is 0 Å². The van der Waals surface area contributed by atoms with Gasteiger partial charge in [0.25, 0.3) is 0 Å². The Kier molecular flexibility index (Phi) is 4.92. The highest BCUT2D eigenvalue weighted by atomic mass is 127. The van der Waals surface area contributed by atoms with E-state index in [1.807, 2.05) is 0 Å². The van der Waals surface area contributed by atoms with Gasteiger partial charge in [0.05, 0.1) is 9.26 Å². The molecule has 1 rings (SSSR count). The number of rotatable bonds is 5. The van der Waals surface area contributed by atoms with Crippen molar-refractivity contribution in [3.63, 3.8) is 0 Å². The highest BCUT2D eigenvalue weighted by molar-refractivity contribution is 14.1. The van der Waals surface area contributed by atoms with Gasteiger partial charge in [-0.05, 0) is 42.9 Å². The van der Waals surface area contributed by atoms with Crippen molar-refractivity contribution >= 4 is 22.6 Å². The molecule has 0 aromatic carbocycles. The third-order valence-electron chi connectivity index (χ3n) is 2.52. The van der Waals surface area contributed by atoms with Gasteiger partial charge in [-0.2, -0.15) is 5.10 Å². The van der Waals surface area contributed by atoms with Crippen LogP contribution in [0.5, 0.6) is 0 Å². The van der Waals surface area contributed by atoms with Crippen LogP contribution in [-0.4, -0.2) is 9.78 Å². The number of unbranched alkanes of at least 4 members (excludes halogenated alkanes) is 3. The molecule has 0 aliphatic rings. The summed E-state index contributed by atoms with van der Waals surface area (Å²) in [7, 11) is 0. The summed E-state index contributed by atoms with van der Waals surface area (Å²) in [6, 6.07) is 0. The Balaban J connectivity index is 2.47. The zero-order valence-corrected chi connectivity index (χ0v) is 11.5. The summed E-state index contributed by atoms with van der Waals surface area (Å²) in [5.74, 6) is 0. The largest absolute Gasteiger partial charge is 0.269 e. The van der Waals surface area contributed by atoms with Gasteiger partial charge in [-0.15, -0.1) is 0 Å². The summed E-state index contributed by atoms with van der Waals surface area (Å²) in [6.07, 6.45) is 5.22. The van der Waals surface area contributed by atoms with Crippen molar-refractivity contribution in [2.45, 2.75) is 53.0 Å². The van der Waals surface area contributed by atoms with Crippen LogP contribution in [-0.2, 0) is 6.54 Å². The summed E-state index contributed by atoms with van der Waals surface area (Å²) >= 11 is 2.37.